The second kappa shape index (κ2) is 7.58. The molecule has 3 rings (SSSR count). The van der Waals surface area contributed by atoms with E-state index in [1.54, 1.807) is 6.92 Å². The van der Waals surface area contributed by atoms with Crippen LogP contribution >= 0.6 is 22.9 Å². The van der Waals surface area contributed by atoms with Crippen molar-refractivity contribution < 1.29 is 9.53 Å². The number of hydrogen-bond donors (Lipinski definition) is 0. The van der Waals surface area contributed by atoms with Gasteiger partial charge >= 0.3 is 5.97 Å². The molecule has 0 amide bonds. The van der Waals surface area contributed by atoms with E-state index in [4.69, 9.17) is 16.3 Å². The van der Waals surface area contributed by atoms with Gasteiger partial charge in [-0.25, -0.2) is 4.98 Å². The Morgan fingerprint density at radius 1 is 1.40 bits per heavy atom. The molecule has 0 bridgehead atoms. The molecule has 1 aromatic carbocycles. The van der Waals surface area contributed by atoms with Gasteiger partial charge < -0.3 is 4.74 Å². The van der Waals surface area contributed by atoms with Crippen LogP contribution in [0.4, 0.5) is 0 Å². The fourth-order valence-electron chi connectivity index (χ4n) is 2.88. The number of thiazole rings is 1. The van der Waals surface area contributed by atoms with Gasteiger partial charge in [-0.2, -0.15) is 0 Å². The summed E-state index contributed by atoms with van der Waals surface area (Å²) in [5.41, 5.74) is 3.05. The standard InChI is InChI=1S/C19H21ClN2O2S/c1-4-24-18(23)9-15-11-25-19(21-15)22-10-13(7-12(2)3)16-6-5-14(20)8-17(16)22/h5-6,8,10-12H,4,7,9H2,1-3H3. The van der Waals surface area contributed by atoms with Gasteiger partial charge in [0.25, 0.3) is 0 Å². The SMILES string of the molecule is CCOC(=O)Cc1csc(-n2cc(CC(C)C)c3ccc(Cl)cc32)n1. The van der Waals surface area contributed by atoms with Crippen LogP contribution in [0.15, 0.2) is 29.8 Å². The van der Waals surface area contributed by atoms with Crippen LogP contribution in [-0.4, -0.2) is 22.1 Å². The summed E-state index contributed by atoms with van der Waals surface area (Å²) < 4.78 is 7.06. The van der Waals surface area contributed by atoms with Gasteiger partial charge in [0.1, 0.15) is 0 Å². The fraction of sp³-hybridized carbons (Fsp3) is 0.368. The Morgan fingerprint density at radius 3 is 2.92 bits per heavy atom. The van der Waals surface area contributed by atoms with E-state index in [2.05, 4.69) is 35.7 Å². The normalized spacial score (nSPS) is 11.4. The molecule has 0 spiro atoms. The van der Waals surface area contributed by atoms with Gasteiger partial charge in [0.2, 0.25) is 0 Å². The Morgan fingerprint density at radius 2 is 2.20 bits per heavy atom. The first kappa shape index (κ1) is 18.0. The monoisotopic (exact) mass is 376 g/mol. The molecule has 2 heterocycles. The van der Waals surface area contributed by atoms with Crippen LogP contribution in [0.25, 0.3) is 16.0 Å². The van der Waals surface area contributed by atoms with Gasteiger partial charge in [-0.15, -0.1) is 11.3 Å². The number of benzene rings is 1. The van der Waals surface area contributed by atoms with Crippen LogP contribution in [0.3, 0.4) is 0 Å². The van der Waals surface area contributed by atoms with E-state index in [9.17, 15) is 4.79 Å². The molecule has 0 aliphatic carbocycles. The summed E-state index contributed by atoms with van der Waals surface area (Å²) in [6, 6.07) is 5.96. The smallest absolute Gasteiger partial charge is 0.311 e. The summed E-state index contributed by atoms with van der Waals surface area (Å²) in [4.78, 5) is 16.3. The predicted molar refractivity (Wildman–Crippen MR) is 103 cm³/mol. The lowest BCUT2D eigenvalue weighted by molar-refractivity contribution is -0.142. The first-order valence-electron chi connectivity index (χ1n) is 8.37. The minimum atomic E-state index is -0.250. The molecule has 0 fully saturated rings. The second-order valence-electron chi connectivity index (χ2n) is 6.39. The number of carbonyl (C=O) groups excluding carboxylic acids is 1. The lowest BCUT2D eigenvalue weighted by atomic mass is 10.0. The van der Waals surface area contributed by atoms with Gasteiger partial charge in [0, 0.05) is 22.0 Å². The minimum Gasteiger partial charge on any atom is -0.466 e. The predicted octanol–water partition coefficient (Wildman–Crippen LogP) is 5.04. The van der Waals surface area contributed by atoms with Crippen LogP contribution < -0.4 is 0 Å². The number of nitrogens with zero attached hydrogens (tertiary/aromatic N) is 2. The largest absolute Gasteiger partial charge is 0.466 e. The number of fused-ring (bicyclic) bond motifs is 1. The summed E-state index contributed by atoms with van der Waals surface area (Å²) in [6.07, 6.45) is 3.32. The van der Waals surface area contributed by atoms with Gasteiger partial charge in [0.15, 0.2) is 5.13 Å². The lowest BCUT2D eigenvalue weighted by Crippen LogP contribution is -2.07. The molecule has 0 saturated heterocycles. The van der Waals surface area contributed by atoms with Crippen molar-refractivity contribution in [2.75, 3.05) is 6.61 Å². The highest BCUT2D eigenvalue weighted by Crippen LogP contribution is 2.30. The van der Waals surface area contributed by atoms with Crippen molar-refractivity contribution in [3.8, 4) is 5.13 Å². The number of aromatic nitrogens is 2. The highest BCUT2D eigenvalue weighted by atomic mass is 35.5. The van der Waals surface area contributed by atoms with E-state index >= 15 is 0 Å². The molecule has 3 aromatic rings. The summed E-state index contributed by atoms with van der Waals surface area (Å²) >= 11 is 7.73. The molecular formula is C19H21ClN2O2S. The van der Waals surface area contributed by atoms with E-state index in [1.165, 1.54) is 22.3 Å². The van der Waals surface area contributed by atoms with Crippen LogP contribution in [-0.2, 0) is 22.4 Å². The van der Waals surface area contributed by atoms with E-state index < -0.39 is 0 Å². The maximum absolute atomic E-state index is 11.7. The van der Waals surface area contributed by atoms with E-state index in [1.807, 2.05) is 17.5 Å². The molecule has 0 atom stereocenters. The average Bonchev–Trinajstić information content (AvgIpc) is 3.12. The Labute approximate surface area is 156 Å². The van der Waals surface area contributed by atoms with Crippen LogP contribution in [0.5, 0.6) is 0 Å². The Bertz CT molecular complexity index is 898. The molecule has 0 N–H and O–H groups in total. The van der Waals surface area contributed by atoms with Crippen LogP contribution in [0, 0.1) is 5.92 Å². The van der Waals surface area contributed by atoms with Gasteiger partial charge in [-0.1, -0.05) is 31.5 Å². The Balaban J connectivity index is 1.99. The number of esters is 1. The summed E-state index contributed by atoms with van der Waals surface area (Å²) in [5, 5.41) is 4.64. The van der Waals surface area contributed by atoms with Crippen LogP contribution in [0.2, 0.25) is 5.02 Å². The molecule has 0 aliphatic heterocycles. The zero-order valence-corrected chi connectivity index (χ0v) is 16.2. The number of hydrogen-bond acceptors (Lipinski definition) is 4. The molecule has 4 nitrogen and oxygen atoms in total. The third-order valence-electron chi connectivity index (χ3n) is 3.85. The molecule has 2 aromatic heterocycles. The van der Waals surface area contributed by atoms with Crippen molar-refractivity contribution in [1.29, 1.82) is 0 Å². The molecule has 0 saturated carbocycles. The Hall–Kier alpha value is -1.85. The first-order chi connectivity index (χ1) is 12.0. The van der Waals surface area contributed by atoms with Crippen LogP contribution in [0.1, 0.15) is 32.0 Å². The van der Waals surface area contributed by atoms with Gasteiger partial charge in [-0.05, 0) is 37.0 Å². The number of ether oxygens (including phenoxy) is 1. The second-order valence-corrected chi connectivity index (χ2v) is 7.66. The van der Waals surface area contributed by atoms with Crippen molar-refractivity contribution in [3.05, 3.63) is 46.1 Å². The Kier molecular flexibility index (Phi) is 5.45. The van der Waals surface area contributed by atoms with Crippen molar-refractivity contribution in [2.45, 2.75) is 33.6 Å². The third-order valence-corrected chi connectivity index (χ3v) is 4.98. The quantitative estimate of drug-likeness (QED) is 0.566. The molecule has 0 aliphatic rings. The summed E-state index contributed by atoms with van der Waals surface area (Å²) in [6.45, 7) is 6.60. The first-order valence-corrected chi connectivity index (χ1v) is 9.63. The molecule has 6 heteroatoms. The van der Waals surface area contributed by atoms with E-state index in [0.717, 1.165) is 22.8 Å². The van der Waals surface area contributed by atoms with Gasteiger partial charge in [0.05, 0.1) is 24.2 Å². The lowest BCUT2D eigenvalue weighted by Gasteiger charge is -2.02. The molecule has 0 unspecified atom stereocenters. The topological polar surface area (TPSA) is 44.1 Å². The maximum atomic E-state index is 11.7. The van der Waals surface area contributed by atoms with Crippen molar-refractivity contribution in [2.24, 2.45) is 5.92 Å². The fourth-order valence-corrected chi connectivity index (χ4v) is 3.86. The molecular weight excluding hydrogens is 356 g/mol. The average molecular weight is 377 g/mol. The summed E-state index contributed by atoms with van der Waals surface area (Å²) in [5.74, 6) is 0.311. The van der Waals surface area contributed by atoms with Gasteiger partial charge in [-0.3, -0.25) is 9.36 Å². The zero-order chi connectivity index (χ0) is 18.0. The van der Waals surface area contributed by atoms with E-state index in [-0.39, 0.29) is 12.4 Å². The van der Waals surface area contributed by atoms with E-state index in [0.29, 0.717) is 17.5 Å². The third kappa shape index (κ3) is 4.05. The highest BCUT2D eigenvalue weighted by molar-refractivity contribution is 7.12. The summed E-state index contributed by atoms with van der Waals surface area (Å²) in [7, 11) is 0. The van der Waals surface area contributed by atoms with Crippen molar-refractivity contribution in [1.82, 2.24) is 9.55 Å². The number of carbonyl (C=O) groups is 1. The molecule has 0 radical (unpaired) electrons. The highest BCUT2D eigenvalue weighted by Gasteiger charge is 2.15. The minimum absolute atomic E-state index is 0.198. The maximum Gasteiger partial charge on any atom is 0.311 e. The molecule has 132 valence electrons. The van der Waals surface area contributed by atoms with Crippen molar-refractivity contribution in [3.63, 3.8) is 0 Å². The number of rotatable bonds is 6. The van der Waals surface area contributed by atoms with Crippen molar-refractivity contribution >= 4 is 39.8 Å². The number of halogens is 1. The zero-order valence-electron chi connectivity index (χ0n) is 14.6. The molecule has 25 heavy (non-hydrogen) atoms.